The molecule has 2 saturated carbocycles. The van der Waals surface area contributed by atoms with Crippen LogP contribution in [0.4, 0.5) is 0 Å². The number of carbonyl (C=O) groups is 1. The van der Waals surface area contributed by atoms with Gasteiger partial charge in [-0.2, -0.15) is 0 Å². The van der Waals surface area contributed by atoms with Crippen molar-refractivity contribution in [2.75, 3.05) is 6.54 Å². The summed E-state index contributed by atoms with van der Waals surface area (Å²) in [5, 5.41) is 2.95. The standard InChI is InChI=1S/C18H26N2O2.ClH/c19-16(13-10-11-13)12-20-18(21)15-8-4-5-9-17(15)22-14-6-2-1-3-7-14;/h4-5,8-9,13-14,16H,1-3,6-7,10-12,19H2,(H,20,21);1H. The summed E-state index contributed by atoms with van der Waals surface area (Å²) < 4.78 is 6.08. The van der Waals surface area contributed by atoms with Crippen LogP contribution < -0.4 is 15.8 Å². The molecule has 1 amide bonds. The number of nitrogens with two attached hydrogens (primary N) is 1. The van der Waals surface area contributed by atoms with E-state index in [1.807, 2.05) is 24.3 Å². The number of rotatable bonds is 6. The van der Waals surface area contributed by atoms with Gasteiger partial charge < -0.3 is 15.8 Å². The number of ether oxygens (including phenoxy) is 1. The Hall–Kier alpha value is -1.26. The van der Waals surface area contributed by atoms with E-state index in [4.69, 9.17) is 10.5 Å². The minimum absolute atomic E-state index is 0. The summed E-state index contributed by atoms with van der Waals surface area (Å²) >= 11 is 0. The highest BCUT2D eigenvalue weighted by Gasteiger charge is 2.28. The van der Waals surface area contributed by atoms with Gasteiger partial charge in [0.05, 0.1) is 11.7 Å². The zero-order valence-electron chi connectivity index (χ0n) is 13.5. The molecule has 0 aliphatic heterocycles. The van der Waals surface area contributed by atoms with Crippen LogP contribution in [0, 0.1) is 5.92 Å². The van der Waals surface area contributed by atoms with E-state index in [9.17, 15) is 4.79 Å². The molecule has 1 atom stereocenters. The lowest BCUT2D eigenvalue weighted by Crippen LogP contribution is -2.38. The lowest BCUT2D eigenvalue weighted by Gasteiger charge is -2.24. The van der Waals surface area contributed by atoms with Crippen LogP contribution in [0.15, 0.2) is 24.3 Å². The second-order valence-corrected chi connectivity index (χ2v) is 6.59. The van der Waals surface area contributed by atoms with Crippen molar-refractivity contribution in [3.63, 3.8) is 0 Å². The molecule has 2 aliphatic rings. The van der Waals surface area contributed by atoms with Crippen LogP contribution in [-0.2, 0) is 0 Å². The Morgan fingerprint density at radius 2 is 1.87 bits per heavy atom. The molecule has 2 fully saturated rings. The van der Waals surface area contributed by atoms with Crippen molar-refractivity contribution in [2.24, 2.45) is 11.7 Å². The third-order valence-corrected chi connectivity index (χ3v) is 4.70. The van der Waals surface area contributed by atoms with Gasteiger partial charge in [0.15, 0.2) is 0 Å². The quantitative estimate of drug-likeness (QED) is 0.836. The number of hydrogen-bond acceptors (Lipinski definition) is 3. The van der Waals surface area contributed by atoms with Crippen LogP contribution >= 0.6 is 12.4 Å². The van der Waals surface area contributed by atoms with Crippen LogP contribution in [0.3, 0.4) is 0 Å². The zero-order chi connectivity index (χ0) is 15.4. The van der Waals surface area contributed by atoms with Crippen molar-refractivity contribution in [1.82, 2.24) is 5.32 Å². The Bertz CT molecular complexity index is 513. The number of carbonyl (C=O) groups excluding carboxylic acids is 1. The van der Waals surface area contributed by atoms with E-state index < -0.39 is 0 Å². The van der Waals surface area contributed by atoms with E-state index >= 15 is 0 Å². The zero-order valence-corrected chi connectivity index (χ0v) is 14.3. The fourth-order valence-corrected chi connectivity index (χ4v) is 3.12. The molecule has 1 aromatic carbocycles. The highest BCUT2D eigenvalue weighted by Crippen LogP contribution is 2.31. The smallest absolute Gasteiger partial charge is 0.255 e. The maximum absolute atomic E-state index is 12.4. The molecule has 0 aromatic heterocycles. The van der Waals surface area contributed by atoms with Crippen LogP contribution in [0.2, 0.25) is 0 Å². The maximum Gasteiger partial charge on any atom is 0.255 e. The third-order valence-electron chi connectivity index (χ3n) is 4.70. The SMILES string of the molecule is Cl.NC(CNC(=O)c1ccccc1OC1CCCCC1)C1CC1. The molecule has 1 unspecified atom stereocenters. The van der Waals surface area contributed by atoms with Gasteiger partial charge in [0.2, 0.25) is 0 Å². The Morgan fingerprint density at radius 3 is 2.57 bits per heavy atom. The largest absolute Gasteiger partial charge is 0.490 e. The third kappa shape index (κ3) is 5.11. The minimum Gasteiger partial charge on any atom is -0.490 e. The molecule has 23 heavy (non-hydrogen) atoms. The molecule has 3 rings (SSSR count). The number of nitrogens with one attached hydrogen (secondary N) is 1. The molecule has 3 N–H and O–H groups in total. The highest BCUT2D eigenvalue weighted by molar-refractivity contribution is 5.96. The normalized spacial score (nSPS) is 19.5. The molecule has 4 nitrogen and oxygen atoms in total. The molecule has 128 valence electrons. The first-order valence-electron chi connectivity index (χ1n) is 8.53. The summed E-state index contributed by atoms with van der Waals surface area (Å²) in [5.41, 5.74) is 6.67. The van der Waals surface area contributed by atoms with Gasteiger partial charge in [-0.05, 0) is 56.6 Å². The van der Waals surface area contributed by atoms with Crippen LogP contribution in [0.1, 0.15) is 55.3 Å². The van der Waals surface area contributed by atoms with Gasteiger partial charge in [-0.15, -0.1) is 12.4 Å². The van der Waals surface area contributed by atoms with E-state index in [0.717, 1.165) is 12.8 Å². The van der Waals surface area contributed by atoms with Gasteiger partial charge in [0.25, 0.3) is 5.91 Å². The van der Waals surface area contributed by atoms with Crippen LogP contribution in [0.25, 0.3) is 0 Å². The fraction of sp³-hybridized carbons (Fsp3) is 0.611. The predicted molar refractivity (Wildman–Crippen MR) is 94.2 cm³/mol. The van der Waals surface area contributed by atoms with E-state index in [1.165, 1.54) is 32.1 Å². The molecule has 0 saturated heterocycles. The van der Waals surface area contributed by atoms with E-state index in [0.29, 0.717) is 23.8 Å². The summed E-state index contributed by atoms with van der Waals surface area (Å²) in [5.74, 6) is 1.21. The topological polar surface area (TPSA) is 64.3 Å². The summed E-state index contributed by atoms with van der Waals surface area (Å²) in [6, 6.07) is 7.60. The Balaban J connectivity index is 0.00000192. The summed E-state index contributed by atoms with van der Waals surface area (Å²) in [7, 11) is 0. The number of benzene rings is 1. The lowest BCUT2D eigenvalue weighted by atomic mass is 9.97. The number of amides is 1. The Labute approximate surface area is 144 Å². The summed E-state index contributed by atoms with van der Waals surface area (Å²) in [6.07, 6.45) is 8.53. The van der Waals surface area contributed by atoms with Crippen molar-refractivity contribution < 1.29 is 9.53 Å². The van der Waals surface area contributed by atoms with Crippen molar-refractivity contribution in [3.05, 3.63) is 29.8 Å². The number of para-hydroxylation sites is 1. The molecule has 1 aromatic rings. The summed E-state index contributed by atoms with van der Waals surface area (Å²) in [4.78, 5) is 12.4. The molecular weight excluding hydrogens is 312 g/mol. The predicted octanol–water partition coefficient (Wildman–Crippen LogP) is 3.29. The second-order valence-electron chi connectivity index (χ2n) is 6.59. The van der Waals surface area contributed by atoms with Crippen LogP contribution in [-0.4, -0.2) is 24.6 Å². The molecule has 0 heterocycles. The van der Waals surface area contributed by atoms with Gasteiger partial charge in [0.1, 0.15) is 5.75 Å². The highest BCUT2D eigenvalue weighted by atomic mass is 35.5. The van der Waals surface area contributed by atoms with Gasteiger partial charge in [-0.1, -0.05) is 18.6 Å². The minimum atomic E-state index is -0.0810. The second kappa shape index (κ2) is 8.55. The molecule has 0 spiro atoms. The number of hydrogen-bond donors (Lipinski definition) is 2. The average Bonchev–Trinajstić information content (AvgIpc) is 3.39. The summed E-state index contributed by atoms with van der Waals surface area (Å²) in [6.45, 7) is 0.543. The molecule has 2 aliphatic carbocycles. The van der Waals surface area contributed by atoms with Gasteiger partial charge in [0, 0.05) is 12.6 Å². The fourth-order valence-electron chi connectivity index (χ4n) is 3.12. The monoisotopic (exact) mass is 338 g/mol. The first kappa shape index (κ1) is 18.1. The van der Waals surface area contributed by atoms with Crippen molar-refractivity contribution >= 4 is 18.3 Å². The van der Waals surface area contributed by atoms with Crippen LogP contribution in [0.5, 0.6) is 5.75 Å². The lowest BCUT2D eigenvalue weighted by molar-refractivity contribution is 0.0938. The molecular formula is C18H27ClN2O2. The maximum atomic E-state index is 12.4. The van der Waals surface area contributed by atoms with Gasteiger partial charge >= 0.3 is 0 Å². The Kier molecular flexibility index (Phi) is 6.72. The molecule has 0 bridgehead atoms. The van der Waals surface area contributed by atoms with Gasteiger partial charge in [-0.25, -0.2) is 0 Å². The van der Waals surface area contributed by atoms with Crippen molar-refractivity contribution in [2.45, 2.75) is 57.1 Å². The first-order chi connectivity index (χ1) is 10.7. The average molecular weight is 339 g/mol. The number of halogens is 1. The Morgan fingerprint density at radius 1 is 1.17 bits per heavy atom. The van der Waals surface area contributed by atoms with Crippen molar-refractivity contribution in [1.29, 1.82) is 0 Å². The molecule has 5 heteroatoms. The molecule has 0 radical (unpaired) electrons. The van der Waals surface area contributed by atoms with Gasteiger partial charge in [-0.3, -0.25) is 4.79 Å². The van der Waals surface area contributed by atoms with E-state index in [-0.39, 0.29) is 30.5 Å². The van der Waals surface area contributed by atoms with Crippen molar-refractivity contribution in [3.8, 4) is 5.75 Å². The van der Waals surface area contributed by atoms with E-state index in [2.05, 4.69) is 5.32 Å². The first-order valence-corrected chi connectivity index (χ1v) is 8.53. The van der Waals surface area contributed by atoms with E-state index in [1.54, 1.807) is 0 Å².